The number of hydrogen-bond acceptors (Lipinski definition) is 6. The van der Waals surface area contributed by atoms with Gasteiger partial charge in [0.15, 0.2) is 0 Å². The van der Waals surface area contributed by atoms with Crippen LogP contribution < -0.4 is 16.2 Å². The summed E-state index contributed by atoms with van der Waals surface area (Å²) in [6.45, 7) is 0. The summed E-state index contributed by atoms with van der Waals surface area (Å²) in [4.78, 5) is 0. The van der Waals surface area contributed by atoms with Crippen LogP contribution in [0.15, 0.2) is 24.3 Å². The van der Waals surface area contributed by atoms with Crippen molar-refractivity contribution in [3.8, 4) is 17.0 Å². The molecule has 0 aliphatic rings. The van der Waals surface area contributed by atoms with Gasteiger partial charge in [0.25, 0.3) is 0 Å². The molecule has 0 saturated carbocycles. The van der Waals surface area contributed by atoms with Gasteiger partial charge in [0, 0.05) is 29.7 Å². The molecule has 0 aliphatic carbocycles. The van der Waals surface area contributed by atoms with Gasteiger partial charge in [0.2, 0.25) is 0 Å². The van der Waals surface area contributed by atoms with E-state index in [2.05, 4.69) is 10.2 Å². The molecule has 2 unspecified atom stereocenters. The number of aromatic amines is 1. The van der Waals surface area contributed by atoms with Gasteiger partial charge < -0.3 is 26.4 Å². The minimum atomic E-state index is -1.01. The molecule has 0 bridgehead atoms. The monoisotopic (exact) mass is 292 g/mol. The minimum absolute atomic E-state index is 0.214. The van der Waals surface area contributed by atoms with Gasteiger partial charge in [-0.1, -0.05) is 0 Å². The lowest BCUT2D eigenvalue weighted by molar-refractivity contribution is 0.175. The highest BCUT2D eigenvalue weighted by Gasteiger charge is 2.18. The number of aliphatic hydroxyl groups is 2. The molecular formula is C14H20N4O3. The van der Waals surface area contributed by atoms with Crippen molar-refractivity contribution < 1.29 is 14.9 Å². The summed E-state index contributed by atoms with van der Waals surface area (Å²) >= 11 is 0. The normalized spacial score (nSPS) is 14.0. The molecule has 114 valence electrons. The summed E-state index contributed by atoms with van der Waals surface area (Å²) in [5.74, 6) is 0.743. The average molecular weight is 292 g/mol. The Hall–Kier alpha value is -1.93. The van der Waals surface area contributed by atoms with Gasteiger partial charge in [-0.3, -0.25) is 5.10 Å². The summed E-state index contributed by atoms with van der Waals surface area (Å²) in [5.41, 5.74) is 13.8. The predicted octanol–water partition coefficient (Wildman–Crippen LogP) is -0.275. The molecule has 0 saturated heterocycles. The van der Waals surface area contributed by atoms with E-state index in [0.717, 1.165) is 16.9 Å². The topological polar surface area (TPSA) is 130 Å². The largest absolute Gasteiger partial charge is 0.497 e. The maximum atomic E-state index is 9.46. The summed E-state index contributed by atoms with van der Waals surface area (Å²) in [6.07, 6.45) is -1.57. The Bertz CT molecular complexity index is 578. The van der Waals surface area contributed by atoms with Gasteiger partial charge in [0.05, 0.1) is 12.8 Å². The first kappa shape index (κ1) is 15.5. The number of ether oxygens (including phenoxy) is 1. The number of methoxy groups -OCH3 is 1. The van der Waals surface area contributed by atoms with Crippen LogP contribution in [0.3, 0.4) is 0 Å². The fourth-order valence-corrected chi connectivity index (χ4v) is 2.20. The third kappa shape index (κ3) is 3.79. The van der Waals surface area contributed by atoms with Crippen molar-refractivity contribution >= 4 is 0 Å². The molecule has 21 heavy (non-hydrogen) atoms. The van der Waals surface area contributed by atoms with Gasteiger partial charge in [-0.25, -0.2) is 0 Å². The highest BCUT2D eigenvalue weighted by molar-refractivity contribution is 5.65. The molecule has 0 spiro atoms. The van der Waals surface area contributed by atoms with Gasteiger partial charge in [-0.05, 0) is 24.3 Å². The molecular weight excluding hydrogens is 272 g/mol. The molecule has 2 rings (SSSR count). The molecule has 7 N–H and O–H groups in total. The van der Waals surface area contributed by atoms with Crippen LogP contribution in [-0.2, 0) is 12.8 Å². The van der Waals surface area contributed by atoms with E-state index in [1.165, 1.54) is 0 Å². The van der Waals surface area contributed by atoms with Gasteiger partial charge in [-0.2, -0.15) is 5.10 Å². The van der Waals surface area contributed by atoms with E-state index in [0.29, 0.717) is 11.4 Å². The van der Waals surface area contributed by atoms with Crippen LogP contribution in [0, 0.1) is 0 Å². The molecule has 7 heteroatoms. The first-order valence-electron chi connectivity index (χ1n) is 6.59. The number of nitrogens with zero attached hydrogens (tertiary/aromatic N) is 1. The molecule has 1 aromatic carbocycles. The molecule has 1 aromatic heterocycles. The second-order valence-corrected chi connectivity index (χ2v) is 4.80. The lowest BCUT2D eigenvalue weighted by atomic mass is 10.0. The number of nitrogens with one attached hydrogen (secondary N) is 1. The Labute approximate surface area is 122 Å². The summed E-state index contributed by atoms with van der Waals surface area (Å²) in [5, 5.41) is 25.9. The van der Waals surface area contributed by atoms with Crippen LogP contribution in [0.5, 0.6) is 5.75 Å². The lowest BCUT2D eigenvalue weighted by Gasteiger charge is -2.10. The number of H-pyrrole nitrogens is 1. The summed E-state index contributed by atoms with van der Waals surface area (Å²) < 4.78 is 5.12. The van der Waals surface area contributed by atoms with Crippen LogP contribution in [-0.4, -0.2) is 40.0 Å². The third-order valence-electron chi connectivity index (χ3n) is 3.14. The standard InChI is InChI=1S/C14H20N4O3/c1-21-9-4-2-8(3-5-9)14-10(6-12(15)19)11(17-18-14)7-13(16)20/h2-5,12-13,19-20H,6-7,15-16H2,1H3,(H,17,18). The Kier molecular flexibility index (Phi) is 4.92. The zero-order chi connectivity index (χ0) is 15.4. The maximum absolute atomic E-state index is 9.46. The molecule has 0 fully saturated rings. The van der Waals surface area contributed by atoms with E-state index < -0.39 is 12.5 Å². The summed E-state index contributed by atoms with van der Waals surface area (Å²) in [6, 6.07) is 7.38. The Morgan fingerprint density at radius 3 is 2.29 bits per heavy atom. The maximum Gasteiger partial charge on any atom is 0.118 e. The minimum Gasteiger partial charge on any atom is -0.497 e. The van der Waals surface area contributed by atoms with Crippen molar-refractivity contribution in [1.29, 1.82) is 0 Å². The van der Waals surface area contributed by atoms with Gasteiger partial charge >= 0.3 is 0 Å². The SMILES string of the molecule is COc1ccc(-c2n[nH]c(CC(N)O)c2CC(N)O)cc1. The zero-order valence-corrected chi connectivity index (χ0v) is 11.8. The van der Waals surface area contributed by atoms with Crippen molar-refractivity contribution in [3.63, 3.8) is 0 Å². The smallest absolute Gasteiger partial charge is 0.118 e. The van der Waals surface area contributed by atoms with E-state index in [-0.39, 0.29) is 12.8 Å². The third-order valence-corrected chi connectivity index (χ3v) is 3.14. The van der Waals surface area contributed by atoms with Gasteiger partial charge in [-0.15, -0.1) is 0 Å². The van der Waals surface area contributed by atoms with E-state index in [9.17, 15) is 10.2 Å². The van der Waals surface area contributed by atoms with Crippen molar-refractivity contribution in [2.24, 2.45) is 11.5 Å². The number of hydrogen-bond donors (Lipinski definition) is 5. The molecule has 2 aromatic rings. The van der Waals surface area contributed by atoms with Crippen LogP contribution >= 0.6 is 0 Å². The number of rotatable bonds is 6. The van der Waals surface area contributed by atoms with E-state index in [4.69, 9.17) is 16.2 Å². The van der Waals surface area contributed by atoms with E-state index in [1.54, 1.807) is 7.11 Å². The number of nitrogens with two attached hydrogens (primary N) is 2. The van der Waals surface area contributed by atoms with Crippen molar-refractivity contribution in [3.05, 3.63) is 35.5 Å². The molecule has 1 heterocycles. The van der Waals surface area contributed by atoms with Crippen molar-refractivity contribution in [2.45, 2.75) is 25.3 Å². The Balaban J connectivity index is 2.38. The van der Waals surface area contributed by atoms with Gasteiger partial charge in [0.1, 0.15) is 18.2 Å². The van der Waals surface area contributed by atoms with E-state index >= 15 is 0 Å². The second-order valence-electron chi connectivity index (χ2n) is 4.80. The van der Waals surface area contributed by atoms with Crippen molar-refractivity contribution in [1.82, 2.24) is 10.2 Å². The zero-order valence-electron chi connectivity index (χ0n) is 11.8. The first-order chi connectivity index (χ1) is 10.0. The Morgan fingerprint density at radius 2 is 1.76 bits per heavy atom. The molecule has 2 atom stereocenters. The quantitative estimate of drug-likeness (QED) is 0.466. The van der Waals surface area contributed by atoms with E-state index in [1.807, 2.05) is 24.3 Å². The lowest BCUT2D eigenvalue weighted by Crippen LogP contribution is -2.25. The van der Waals surface area contributed by atoms with Crippen LogP contribution in [0.25, 0.3) is 11.3 Å². The first-order valence-corrected chi connectivity index (χ1v) is 6.59. The second kappa shape index (κ2) is 6.68. The number of aromatic nitrogens is 2. The van der Waals surface area contributed by atoms with Crippen LogP contribution in [0.4, 0.5) is 0 Å². The van der Waals surface area contributed by atoms with Crippen LogP contribution in [0.1, 0.15) is 11.3 Å². The fourth-order valence-electron chi connectivity index (χ4n) is 2.20. The molecule has 0 aliphatic heterocycles. The summed E-state index contributed by atoms with van der Waals surface area (Å²) in [7, 11) is 1.60. The predicted molar refractivity (Wildman–Crippen MR) is 78.4 cm³/mol. The number of aliphatic hydroxyl groups excluding tert-OH is 2. The average Bonchev–Trinajstić information content (AvgIpc) is 2.80. The number of benzene rings is 1. The highest BCUT2D eigenvalue weighted by Crippen LogP contribution is 2.27. The Morgan fingerprint density at radius 1 is 1.14 bits per heavy atom. The highest BCUT2D eigenvalue weighted by atomic mass is 16.5. The molecule has 0 amide bonds. The van der Waals surface area contributed by atoms with Crippen molar-refractivity contribution in [2.75, 3.05) is 7.11 Å². The molecule has 7 nitrogen and oxygen atoms in total. The fraction of sp³-hybridized carbons (Fsp3) is 0.357. The van der Waals surface area contributed by atoms with Crippen LogP contribution in [0.2, 0.25) is 0 Å². The molecule has 0 radical (unpaired) electrons.